The van der Waals surface area contributed by atoms with Crippen molar-refractivity contribution in [1.29, 1.82) is 0 Å². The summed E-state index contributed by atoms with van der Waals surface area (Å²) in [5.41, 5.74) is 1.50. The topological polar surface area (TPSA) is 64.9 Å². The van der Waals surface area contributed by atoms with Crippen molar-refractivity contribution in [3.63, 3.8) is 0 Å². The number of carbonyl (C=O) groups is 1. The minimum absolute atomic E-state index is 0.0380. The number of carbonyl (C=O) groups excluding carboxylic acids is 1. The molecule has 2 rings (SSSR count). The van der Waals surface area contributed by atoms with Crippen molar-refractivity contribution >= 4 is 12.2 Å². The van der Waals surface area contributed by atoms with Gasteiger partial charge in [0.1, 0.15) is 12.0 Å². The average molecular weight is 181 g/mol. The smallest absolute Gasteiger partial charge is 0.274 e. The number of rotatable bonds is 1. The standard InChI is InChI=1S/C8H11N3O2/c1-5-6(3-12)2-11-7(5)8(13)9-4-10-11/h4,6,12H,2-3H2,1H3,(H,9,10,13). The van der Waals surface area contributed by atoms with E-state index in [-0.39, 0.29) is 18.4 Å². The third kappa shape index (κ3) is 1.12. The highest BCUT2D eigenvalue weighted by atomic mass is 16.3. The summed E-state index contributed by atoms with van der Waals surface area (Å²) in [4.78, 5) is 11.4. The van der Waals surface area contributed by atoms with Gasteiger partial charge in [-0.1, -0.05) is 0 Å². The highest BCUT2D eigenvalue weighted by Gasteiger charge is 2.33. The summed E-state index contributed by atoms with van der Waals surface area (Å²) in [5.74, 6) is -0.0977. The Hall–Kier alpha value is -1.36. The van der Waals surface area contributed by atoms with Gasteiger partial charge in [0.25, 0.3) is 5.91 Å². The van der Waals surface area contributed by atoms with Crippen molar-refractivity contribution in [3.05, 3.63) is 11.3 Å². The van der Waals surface area contributed by atoms with E-state index in [1.165, 1.54) is 6.34 Å². The van der Waals surface area contributed by atoms with Gasteiger partial charge in [-0.3, -0.25) is 9.80 Å². The van der Waals surface area contributed by atoms with Gasteiger partial charge in [0.2, 0.25) is 0 Å². The summed E-state index contributed by atoms with van der Waals surface area (Å²) in [7, 11) is 0. The molecule has 2 N–H and O–H groups in total. The van der Waals surface area contributed by atoms with E-state index in [4.69, 9.17) is 5.11 Å². The van der Waals surface area contributed by atoms with E-state index < -0.39 is 0 Å². The Balaban J connectivity index is 2.37. The summed E-state index contributed by atoms with van der Waals surface area (Å²) in [5, 5.41) is 17.2. The summed E-state index contributed by atoms with van der Waals surface area (Å²) in [6.45, 7) is 2.52. The second kappa shape index (κ2) is 2.85. The number of hydrogen-bond donors (Lipinski definition) is 2. The lowest BCUT2D eigenvalue weighted by molar-refractivity contribution is -0.117. The Kier molecular flexibility index (Phi) is 1.81. The van der Waals surface area contributed by atoms with E-state index >= 15 is 0 Å². The van der Waals surface area contributed by atoms with Gasteiger partial charge < -0.3 is 10.4 Å². The number of hydrogen-bond acceptors (Lipinski definition) is 4. The van der Waals surface area contributed by atoms with Crippen LogP contribution >= 0.6 is 0 Å². The molecule has 1 unspecified atom stereocenters. The minimum Gasteiger partial charge on any atom is -0.396 e. The highest BCUT2D eigenvalue weighted by molar-refractivity contribution is 6.02. The predicted octanol–water partition coefficient (Wildman–Crippen LogP) is -0.742. The molecular weight excluding hydrogens is 170 g/mol. The van der Waals surface area contributed by atoms with Crippen LogP contribution in [0.25, 0.3) is 0 Å². The molecule has 2 aliphatic heterocycles. The maximum atomic E-state index is 11.4. The number of aliphatic hydroxyl groups is 1. The summed E-state index contributed by atoms with van der Waals surface area (Å²) in [6.07, 6.45) is 1.37. The molecule has 70 valence electrons. The Labute approximate surface area is 75.7 Å². The van der Waals surface area contributed by atoms with Crippen LogP contribution in [0.4, 0.5) is 0 Å². The molecule has 2 aliphatic rings. The monoisotopic (exact) mass is 181 g/mol. The van der Waals surface area contributed by atoms with Gasteiger partial charge in [0.05, 0.1) is 13.2 Å². The van der Waals surface area contributed by atoms with Crippen LogP contribution < -0.4 is 5.32 Å². The van der Waals surface area contributed by atoms with Gasteiger partial charge in [0.15, 0.2) is 0 Å². The van der Waals surface area contributed by atoms with E-state index in [0.29, 0.717) is 12.2 Å². The first-order chi connectivity index (χ1) is 6.24. The lowest BCUT2D eigenvalue weighted by Crippen LogP contribution is -2.35. The quantitative estimate of drug-likeness (QED) is 0.560. The van der Waals surface area contributed by atoms with Crippen LogP contribution in [0, 0.1) is 5.92 Å². The van der Waals surface area contributed by atoms with Crippen molar-refractivity contribution < 1.29 is 9.90 Å². The number of fused-ring (bicyclic) bond motifs is 1. The lowest BCUT2D eigenvalue weighted by Gasteiger charge is -2.19. The molecule has 0 aromatic rings. The molecular formula is C8H11N3O2. The lowest BCUT2D eigenvalue weighted by atomic mass is 10.0. The Morgan fingerprint density at radius 3 is 3.23 bits per heavy atom. The van der Waals surface area contributed by atoms with Crippen molar-refractivity contribution in [3.8, 4) is 0 Å². The van der Waals surface area contributed by atoms with Crippen molar-refractivity contribution in [2.24, 2.45) is 11.0 Å². The van der Waals surface area contributed by atoms with E-state index in [2.05, 4.69) is 10.4 Å². The predicted molar refractivity (Wildman–Crippen MR) is 46.6 cm³/mol. The zero-order valence-electron chi connectivity index (χ0n) is 7.32. The third-order valence-electron chi connectivity index (χ3n) is 2.47. The molecule has 1 atom stereocenters. The van der Waals surface area contributed by atoms with Crippen LogP contribution in [-0.2, 0) is 4.79 Å². The SMILES string of the molecule is CC1=C2C(=O)NC=NN2CC1CO. The van der Waals surface area contributed by atoms with E-state index in [1.54, 1.807) is 5.01 Å². The molecule has 5 heteroatoms. The van der Waals surface area contributed by atoms with Gasteiger partial charge in [-0.15, -0.1) is 0 Å². The first-order valence-electron chi connectivity index (χ1n) is 4.16. The molecule has 0 spiro atoms. The van der Waals surface area contributed by atoms with Crippen LogP contribution in [0.2, 0.25) is 0 Å². The molecule has 5 nitrogen and oxygen atoms in total. The van der Waals surface area contributed by atoms with Crippen LogP contribution in [0.1, 0.15) is 6.92 Å². The van der Waals surface area contributed by atoms with E-state index in [9.17, 15) is 4.79 Å². The number of nitrogens with zero attached hydrogens (tertiary/aromatic N) is 2. The number of amides is 1. The second-order valence-electron chi connectivity index (χ2n) is 3.21. The molecule has 1 amide bonds. The number of hydrazone groups is 1. The second-order valence-corrected chi connectivity index (χ2v) is 3.21. The summed E-state index contributed by atoms with van der Waals surface area (Å²) >= 11 is 0. The van der Waals surface area contributed by atoms with E-state index in [1.807, 2.05) is 6.92 Å². The average Bonchev–Trinajstić information content (AvgIpc) is 2.44. The van der Waals surface area contributed by atoms with Crippen molar-refractivity contribution in [1.82, 2.24) is 10.3 Å². The molecule has 0 bridgehead atoms. The van der Waals surface area contributed by atoms with Crippen LogP contribution in [-0.4, -0.2) is 35.5 Å². The van der Waals surface area contributed by atoms with Gasteiger partial charge in [-0.2, -0.15) is 5.10 Å². The molecule has 0 fully saturated rings. The molecule has 0 saturated heterocycles. The maximum absolute atomic E-state index is 11.4. The fourth-order valence-corrected chi connectivity index (χ4v) is 1.66. The molecule has 0 aliphatic carbocycles. The van der Waals surface area contributed by atoms with E-state index in [0.717, 1.165) is 5.57 Å². The van der Waals surface area contributed by atoms with Crippen LogP contribution in [0.15, 0.2) is 16.4 Å². The summed E-state index contributed by atoms with van der Waals surface area (Å²) in [6, 6.07) is 0. The molecule has 0 aromatic heterocycles. The zero-order chi connectivity index (χ0) is 9.42. The first kappa shape index (κ1) is 8.25. The normalized spacial score (nSPS) is 26.5. The molecule has 0 saturated carbocycles. The van der Waals surface area contributed by atoms with Gasteiger partial charge in [-0.05, 0) is 12.5 Å². The summed E-state index contributed by atoms with van der Waals surface area (Å²) < 4.78 is 0. The molecule has 0 radical (unpaired) electrons. The van der Waals surface area contributed by atoms with Crippen LogP contribution in [0.3, 0.4) is 0 Å². The zero-order valence-corrected chi connectivity index (χ0v) is 7.32. The Morgan fingerprint density at radius 2 is 2.62 bits per heavy atom. The van der Waals surface area contributed by atoms with Gasteiger partial charge in [-0.25, -0.2) is 0 Å². The Bertz CT molecular complexity index is 309. The minimum atomic E-state index is -0.136. The van der Waals surface area contributed by atoms with Crippen LogP contribution in [0.5, 0.6) is 0 Å². The van der Waals surface area contributed by atoms with Crippen molar-refractivity contribution in [2.45, 2.75) is 6.92 Å². The first-order valence-corrected chi connectivity index (χ1v) is 4.16. The largest absolute Gasteiger partial charge is 0.396 e. The molecule has 13 heavy (non-hydrogen) atoms. The fourth-order valence-electron chi connectivity index (χ4n) is 1.66. The Morgan fingerprint density at radius 1 is 1.85 bits per heavy atom. The number of nitrogens with one attached hydrogen (secondary N) is 1. The van der Waals surface area contributed by atoms with Gasteiger partial charge >= 0.3 is 0 Å². The molecule has 2 heterocycles. The highest BCUT2D eigenvalue weighted by Crippen LogP contribution is 2.28. The maximum Gasteiger partial charge on any atom is 0.274 e. The van der Waals surface area contributed by atoms with Crippen molar-refractivity contribution in [2.75, 3.05) is 13.2 Å². The molecule has 0 aromatic carbocycles. The third-order valence-corrected chi connectivity index (χ3v) is 2.47. The fraction of sp³-hybridized carbons (Fsp3) is 0.500. The van der Waals surface area contributed by atoms with Gasteiger partial charge in [0, 0.05) is 5.92 Å². The number of aliphatic hydroxyl groups excluding tert-OH is 1.